The summed E-state index contributed by atoms with van der Waals surface area (Å²) in [5.74, 6) is -0.150. The minimum atomic E-state index is -0.307. The Morgan fingerprint density at radius 1 is 1.29 bits per heavy atom. The average Bonchev–Trinajstić information content (AvgIpc) is 2.82. The number of aromatic nitrogens is 1. The van der Waals surface area contributed by atoms with Gasteiger partial charge < -0.3 is 31.5 Å². The summed E-state index contributed by atoms with van der Waals surface area (Å²) in [6, 6.07) is 8.71. The second kappa shape index (κ2) is 19.6. The van der Waals surface area contributed by atoms with Gasteiger partial charge in [-0.25, -0.2) is 4.98 Å². The molecule has 0 atom stereocenters. The van der Waals surface area contributed by atoms with E-state index in [9.17, 15) is 4.79 Å². The first-order chi connectivity index (χ1) is 17.7. The van der Waals surface area contributed by atoms with Crippen LogP contribution in [0, 0.1) is 5.41 Å². The number of carbonyl (C=O) groups excluding carboxylic acids is 1. The largest absolute Gasteiger partial charge is 0.699 e. The Hall–Kier alpha value is -1.49. The Morgan fingerprint density at radius 3 is 2.45 bits per heavy atom. The van der Waals surface area contributed by atoms with E-state index in [0.29, 0.717) is 22.7 Å². The van der Waals surface area contributed by atoms with E-state index >= 15 is 0 Å². The summed E-state index contributed by atoms with van der Waals surface area (Å²) >= 11 is 11.6. The van der Waals surface area contributed by atoms with Gasteiger partial charge in [0.25, 0.3) is 12.4 Å². The Labute approximate surface area is 260 Å². The van der Waals surface area contributed by atoms with E-state index in [4.69, 9.17) is 49.3 Å². The van der Waals surface area contributed by atoms with Gasteiger partial charge in [0.2, 0.25) is 5.88 Å². The number of carboxylic acid groups (broad SMARTS) is 1. The molecule has 4 N–H and O–H groups in total. The molecule has 1 radical (unpaired) electrons. The number of pyridine rings is 1. The van der Waals surface area contributed by atoms with Crippen LogP contribution in [0.25, 0.3) is 11.5 Å². The Morgan fingerprint density at radius 2 is 1.92 bits per heavy atom. The van der Waals surface area contributed by atoms with Gasteiger partial charge in [0.15, 0.2) is 6.61 Å². The van der Waals surface area contributed by atoms with Crippen LogP contribution in [0.3, 0.4) is 0 Å². The van der Waals surface area contributed by atoms with Crippen molar-refractivity contribution in [3.63, 3.8) is 0 Å². The zero-order chi connectivity index (χ0) is 27.8. The van der Waals surface area contributed by atoms with Crippen LogP contribution in [0.15, 0.2) is 36.5 Å². The zero-order valence-electron chi connectivity index (χ0n) is 22.2. The van der Waals surface area contributed by atoms with Crippen LogP contribution in [0.2, 0.25) is 10.0 Å². The van der Waals surface area contributed by atoms with Crippen molar-refractivity contribution in [3.05, 3.63) is 63.6 Å². The monoisotopic (exact) mass is 642 g/mol. The molecule has 1 aliphatic heterocycles. The van der Waals surface area contributed by atoms with Crippen molar-refractivity contribution in [3.8, 4) is 5.88 Å². The predicted molar refractivity (Wildman–Crippen MR) is 149 cm³/mol. The first-order valence-corrected chi connectivity index (χ1v) is 13.0. The van der Waals surface area contributed by atoms with E-state index < -0.39 is 0 Å². The Kier molecular flexibility index (Phi) is 18.8. The number of nitrogens with zero attached hydrogens (tertiary/aromatic N) is 2. The molecule has 0 bridgehead atoms. The second-order valence-electron chi connectivity index (χ2n) is 8.63. The molecule has 1 saturated carbocycles. The maximum atomic E-state index is 11.7. The number of nitrogens with one attached hydrogen (secondary N) is 3. The quantitative estimate of drug-likeness (QED) is 0.335. The first-order valence-electron chi connectivity index (χ1n) is 12.2. The molecule has 4 rings (SSSR count). The molecule has 1 aliphatic carbocycles. The number of benzene rings is 1. The van der Waals surface area contributed by atoms with Crippen molar-refractivity contribution in [1.82, 2.24) is 15.2 Å². The standard InChI is InChI=1S/C14H12Cl2N3O2.C9H17N2.C2H6.CH2O2.Y/c15-10-5-12(16)14(19-7-10)21-8-13(20)18-6-9-2-1-3-11(17)4-9;1-2-3-11-6-9(7-11)4-8(10)5-9;1-2;2-1-3;/h1-5,7,17H,6,8H2,(H,18,20);8,10H,2-7H2,1H3;1-2H3;1H,(H,2,3);/q2*-1;;;. The molecule has 2 aliphatic rings. The van der Waals surface area contributed by atoms with Gasteiger partial charge in [-0.2, -0.15) is 0 Å². The van der Waals surface area contributed by atoms with Gasteiger partial charge in [0.1, 0.15) is 5.02 Å². The molecule has 1 aromatic carbocycles. The number of carbonyl (C=O) groups is 2. The van der Waals surface area contributed by atoms with Gasteiger partial charge in [0, 0.05) is 58.5 Å². The van der Waals surface area contributed by atoms with Gasteiger partial charge in [-0.05, 0) is 30.0 Å². The summed E-state index contributed by atoms with van der Waals surface area (Å²) in [5, 5.41) is 10.2. The number of ether oxygens (including phenoxy) is 1. The second-order valence-corrected chi connectivity index (χ2v) is 9.47. The summed E-state index contributed by atoms with van der Waals surface area (Å²) in [4.78, 5) is 26.4. The Balaban J connectivity index is 0.000000675. The molecule has 9 nitrogen and oxygen atoms in total. The van der Waals surface area contributed by atoms with Gasteiger partial charge in [0.05, 0.1) is 5.02 Å². The third kappa shape index (κ3) is 13.0. The molecule has 1 aromatic heterocycles. The molecular weight excluding hydrogens is 606 g/mol. The van der Waals surface area contributed by atoms with Crippen LogP contribution in [-0.2, 0) is 48.8 Å². The SMILES string of the molecule is CC.CCCN1CC2(CC([NH-])C2)C1.O=CO.[NH-]c1cccc(CNC(=O)COc2ncc(Cl)cc2Cl)c1.[Y]. The fourth-order valence-corrected chi connectivity index (χ4v) is 4.63. The smallest absolute Gasteiger partial charge is 0.290 e. The van der Waals surface area contributed by atoms with Gasteiger partial charge in [-0.3, -0.25) is 9.59 Å². The molecule has 2 heterocycles. The fraction of sp³-hybridized carbons (Fsp3) is 0.500. The summed E-state index contributed by atoms with van der Waals surface area (Å²) in [7, 11) is 0. The molecular formula is C26H37Cl2N5O4Y-2. The molecule has 38 heavy (non-hydrogen) atoms. The average molecular weight is 643 g/mol. The van der Waals surface area contributed by atoms with E-state index in [1.807, 2.05) is 19.9 Å². The van der Waals surface area contributed by atoms with Crippen LogP contribution < -0.4 is 10.1 Å². The normalized spacial score (nSPS) is 14.8. The van der Waals surface area contributed by atoms with E-state index in [-0.39, 0.29) is 68.6 Å². The molecule has 2 fully saturated rings. The molecule has 2 aromatic rings. The molecule has 1 amide bonds. The van der Waals surface area contributed by atoms with Gasteiger partial charge >= 0.3 is 0 Å². The summed E-state index contributed by atoms with van der Waals surface area (Å²) < 4.78 is 5.21. The van der Waals surface area contributed by atoms with Crippen molar-refractivity contribution in [2.45, 2.75) is 52.6 Å². The Bertz CT molecular complexity index is 972. The molecule has 1 spiro atoms. The summed E-state index contributed by atoms with van der Waals surface area (Å²) in [6.45, 7) is 9.96. The fourth-order valence-electron chi connectivity index (χ4n) is 4.20. The number of likely N-dealkylation sites (tertiary alicyclic amines) is 1. The van der Waals surface area contributed by atoms with Crippen LogP contribution in [0.5, 0.6) is 5.88 Å². The number of amides is 1. The van der Waals surface area contributed by atoms with Crippen LogP contribution in [0.1, 0.15) is 45.6 Å². The van der Waals surface area contributed by atoms with Crippen molar-refractivity contribution in [2.75, 3.05) is 26.2 Å². The maximum absolute atomic E-state index is 11.7. The topological polar surface area (TPSA) is 139 Å². The molecule has 1 saturated heterocycles. The minimum Gasteiger partial charge on any atom is -0.699 e. The van der Waals surface area contributed by atoms with E-state index in [1.165, 1.54) is 51.2 Å². The van der Waals surface area contributed by atoms with Crippen molar-refractivity contribution in [2.24, 2.45) is 5.41 Å². The van der Waals surface area contributed by atoms with Gasteiger partial charge in [-0.1, -0.05) is 81.1 Å². The van der Waals surface area contributed by atoms with E-state index in [0.717, 1.165) is 5.56 Å². The van der Waals surface area contributed by atoms with Crippen LogP contribution >= 0.6 is 23.2 Å². The number of hydrogen-bond acceptors (Lipinski definition) is 5. The zero-order valence-corrected chi connectivity index (χ0v) is 26.5. The first kappa shape index (κ1) is 36.5. The summed E-state index contributed by atoms with van der Waals surface area (Å²) in [6.07, 6.45) is 5.02. The van der Waals surface area contributed by atoms with Crippen LogP contribution in [-0.4, -0.2) is 59.7 Å². The van der Waals surface area contributed by atoms with Crippen molar-refractivity contribution < 1.29 is 52.1 Å². The molecule has 12 heteroatoms. The third-order valence-electron chi connectivity index (χ3n) is 5.55. The van der Waals surface area contributed by atoms with Crippen LogP contribution in [0.4, 0.5) is 5.69 Å². The predicted octanol–water partition coefficient (Wildman–Crippen LogP) is 6.40. The van der Waals surface area contributed by atoms with E-state index in [1.54, 1.807) is 18.2 Å². The minimum absolute atomic E-state index is 0. The number of hydrogen-bond donors (Lipinski definition) is 2. The third-order valence-corrected chi connectivity index (χ3v) is 6.02. The molecule has 209 valence electrons. The summed E-state index contributed by atoms with van der Waals surface area (Å²) in [5.41, 5.74) is 16.8. The van der Waals surface area contributed by atoms with E-state index in [2.05, 4.69) is 22.1 Å². The number of rotatable bonds is 7. The maximum Gasteiger partial charge on any atom is 0.290 e. The van der Waals surface area contributed by atoms with Gasteiger partial charge in [-0.15, -0.1) is 11.7 Å². The van der Waals surface area contributed by atoms with Crippen molar-refractivity contribution in [1.29, 1.82) is 0 Å². The molecule has 0 unspecified atom stereocenters. The number of halogens is 2. The van der Waals surface area contributed by atoms with Crippen molar-refractivity contribution >= 4 is 41.3 Å².